The molecule has 5 nitrogen and oxygen atoms in total. The highest BCUT2D eigenvalue weighted by Crippen LogP contribution is 2.49. The Bertz CT molecular complexity index is 516. The highest BCUT2D eigenvalue weighted by atomic mass is 16.5. The first-order valence-electron chi connectivity index (χ1n) is 4.92. The maximum atomic E-state index is 11.0. The molecule has 0 amide bonds. The minimum absolute atomic E-state index is 0.220. The van der Waals surface area contributed by atoms with Crippen LogP contribution in [0.5, 0.6) is 17.2 Å². The number of hydrogen-bond acceptors (Lipinski definition) is 4. The average Bonchev–Trinajstić information content (AvgIpc) is 2.28. The van der Waals surface area contributed by atoms with E-state index in [4.69, 9.17) is 19.3 Å². The van der Waals surface area contributed by atoms with E-state index < -0.39 is 5.97 Å². The molecule has 0 fully saturated rings. The number of methoxy groups -OCH3 is 3. The van der Waals surface area contributed by atoms with Crippen LogP contribution in [0.4, 0.5) is 0 Å². The van der Waals surface area contributed by atoms with Crippen molar-refractivity contribution in [2.75, 3.05) is 21.3 Å². The van der Waals surface area contributed by atoms with E-state index in [9.17, 15) is 4.79 Å². The van der Waals surface area contributed by atoms with Crippen molar-refractivity contribution in [3.8, 4) is 17.2 Å². The van der Waals surface area contributed by atoms with Crippen LogP contribution in [0.3, 0.4) is 0 Å². The third-order valence-corrected chi connectivity index (χ3v) is 2.66. The number of carboxylic acid groups (broad SMARTS) is 1. The highest BCUT2D eigenvalue weighted by molar-refractivity contribution is 6.27. The van der Waals surface area contributed by atoms with Gasteiger partial charge in [-0.15, -0.1) is 0 Å². The number of hydrogen-bond donors (Lipinski definition) is 1. The third-order valence-electron chi connectivity index (χ3n) is 2.66. The van der Waals surface area contributed by atoms with Crippen molar-refractivity contribution < 1.29 is 24.1 Å². The first kappa shape index (κ1) is 11.3. The van der Waals surface area contributed by atoms with Crippen LogP contribution in [0.1, 0.15) is 11.1 Å². The van der Waals surface area contributed by atoms with E-state index in [-0.39, 0.29) is 5.57 Å². The third kappa shape index (κ3) is 1.51. The quantitative estimate of drug-likeness (QED) is 0.861. The molecule has 5 heteroatoms. The van der Waals surface area contributed by atoms with Gasteiger partial charge in [0.15, 0.2) is 11.5 Å². The molecule has 0 saturated carbocycles. The Morgan fingerprint density at radius 3 is 2.24 bits per heavy atom. The molecular formula is C12H12O5. The lowest BCUT2D eigenvalue weighted by molar-refractivity contribution is -0.130. The zero-order chi connectivity index (χ0) is 12.6. The summed E-state index contributed by atoms with van der Waals surface area (Å²) in [5, 5.41) is 8.99. The van der Waals surface area contributed by atoms with Crippen molar-refractivity contribution in [1.29, 1.82) is 0 Å². The predicted molar refractivity (Wildman–Crippen MR) is 61.6 cm³/mol. The summed E-state index contributed by atoms with van der Waals surface area (Å²) in [5.41, 5.74) is 1.55. The molecule has 2 rings (SSSR count). The fourth-order valence-corrected chi connectivity index (χ4v) is 1.89. The van der Waals surface area contributed by atoms with Gasteiger partial charge in [-0.05, 0) is 17.7 Å². The van der Waals surface area contributed by atoms with Crippen LogP contribution in [0.25, 0.3) is 11.6 Å². The second-order valence-electron chi connectivity index (χ2n) is 3.47. The molecule has 1 N–H and O–H groups in total. The minimum Gasteiger partial charge on any atom is -0.493 e. The number of rotatable bonds is 4. The van der Waals surface area contributed by atoms with Crippen molar-refractivity contribution in [2.45, 2.75) is 0 Å². The van der Waals surface area contributed by atoms with E-state index in [2.05, 4.69) is 0 Å². The van der Waals surface area contributed by atoms with Gasteiger partial charge in [0.2, 0.25) is 5.75 Å². The fraction of sp³-hybridized carbons (Fsp3) is 0.250. The molecule has 0 atom stereocenters. The lowest BCUT2D eigenvalue weighted by atomic mass is 9.87. The van der Waals surface area contributed by atoms with Crippen LogP contribution in [0.2, 0.25) is 0 Å². The summed E-state index contributed by atoms with van der Waals surface area (Å²) in [7, 11) is 4.47. The van der Waals surface area contributed by atoms with E-state index in [0.717, 1.165) is 5.56 Å². The van der Waals surface area contributed by atoms with Crippen molar-refractivity contribution in [1.82, 2.24) is 0 Å². The number of ether oxygens (including phenoxy) is 3. The number of carboxylic acids is 1. The molecule has 0 heterocycles. The maximum absolute atomic E-state index is 11.0. The summed E-state index contributed by atoms with van der Waals surface area (Å²) in [6.07, 6.45) is 1.57. The van der Waals surface area contributed by atoms with Gasteiger partial charge in [0, 0.05) is 5.56 Å². The Balaban J connectivity index is 2.63. The molecule has 0 radical (unpaired) electrons. The summed E-state index contributed by atoms with van der Waals surface area (Å²) in [6, 6.07) is 1.73. The van der Waals surface area contributed by atoms with Gasteiger partial charge >= 0.3 is 5.97 Å². The average molecular weight is 236 g/mol. The minimum atomic E-state index is -0.983. The molecule has 1 aromatic rings. The Morgan fingerprint density at radius 2 is 1.76 bits per heavy atom. The van der Waals surface area contributed by atoms with Gasteiger partial charge in [-0.2, -0.15) is 0 Å². The molecule has 0 unspecified atom stereocenters. The van der Waals surface area contributed by atoms with Crippen LogP contribution in [0.15, 0.2) is 6.07 Å². The van der Waals surface area contributed by atoms with Crippen LogP contribution >= 0.6 is 0 Å². The van der Waals surface area contributed by atoms with E-state index in [1.807, 2.05) is 0 Å². The van der Waals surface area contributed by atoms with Crippen molar-refractivity contribution in [2.24, 2.45) is 0 Å². The SMILES string of the molecule is COc1cc2c(c(OC)c1OC)C(C(=O)O)=C2. The van der Waals surface area contributed by atoms with Gasteiger partial charge in [0.25, 0.3) is 0 Å². The van der Waals surface area contributed by atoms with Crippen LogP contribution in [-0.4, -0.2) is 32.4 Å². The van der Waals surface area contributed by atoms with Crippen molar-refractivity contribution in [3.63, 3.8) is 0 Å². The molecule has 90 valence electrons. The molecule has 0 saturated heterocycles. The number of aliphatic carboxylic acids is 1. The Morgan fingerprint density at radius 1 is 1.12 bits per heavy atom. The molecule has 0 bridgehead atoms. The molecule has 0 spiro atoms. The number of benzene rings is 1. The highest BCUT2D eigenvalue weighted by Gasteiger charge is 2.31. The molecule has 1 aliphatic rings. The largest absolute Gasteiger partial charge is 0.493 e. The summed E-state index contributed by atoms with van der Waals surface area (Å²) in [5.74, 6) is 0.328. The zero-order valence-corrected chi connectivity index (χ0v) is 9.73. The first-order valence-corrected chi connectivity index (χ1v) is 4.92. The van der Waals surface area contributed by atoms with E-state index in [0.29, 0.717) is 22.8 Å². The van der Waals surface area contributed by atoms with Gasteiger partial charge in [0.1, 0.15) is 0 Å². The summed E-state index contributed by atoms with van der Waals surface area (Å²) in [6.45, 7) is 0. The molecular weight excluding hydrogens is 224 g/mol. The second-order valence-corrected chi connectivity index (χ2v) is 3.47. The van der Waals surface area contributed by atoms with Crippen LogP contribution in [-0.2, 0) is 4.79 Å². The molecule has 17 heavy (non-hydrogen) atoms. The van der Waals surface area contributed by atoms with Gasteiger partial charge in [-0.3, -0.25) is 0 Å². The lowest BCUT2D eigenvalue weighted by Gasteiger charge is -2.23. The van der Waals surface area contributed by atoms with Crippen LogP contribution < -0.4 is 14.2 Å². The topological polar surface area (TPSA) is 65.0 Å². The second kappa shape index (κ2) is 4.01. The monoisotopic (exact) mass is 236 g/mol. The zero-order valence-electron chi connectivity index (χ0n) is 9.73. The number of carbonyl (C=O) groups is 1. The van der Waals surface area contributed by atoms with Crippen LogP contribution in [0, 0.1) is 0 Å². The number of fused-ring (bicyclic) bond motifs is 1. The van der Waals surface area contributed by atoms with Crippen molar-refractivity contribution in [3.05, 3.63) is 17.2 Å². The Kier molecular flexibility index (Phi) is 2.67. The normalized spacial score (nSPS) is 12.1. The van der Waals surface area contributed by atoms with E-state index >= 15 is 0 Å². The summed E-state index contributed by atoms with van der Waals surface area (Å²) in [4.78, 5) is 11.0. The standard InChI is InChI=1S/C12H12O5/c1-15-8-5-6-4-7(12(13)14)9(6)11(17-3)10(8)16-2/h4-5H,1-3H3,(H,13,14). The first-order chi connectivity index (χ1) is 8.13. The Hall–Kier alpha value is -2.17. The molecule has 1 aromatic carbocycles. The molecule has 1 aliphatic carbocycles. The Labute approximate surface area is 98.2 Å². The molecule has 0 aromatic heterocycles. The smallest absolute Gasteiger partial charge is 0.336 e. The predicted octanol–water partition coefficient (Wildman–Crippen LogP) is 1.65. The van der Waals surface area contributed by atoms with Gasteiger partial charge in [0.05, 0.1) is 26.9 Å². The lowest BCUT2D eigenvalue weighted by Crippen LogP contribution is -2.11. The fourth-order valence-electron chi connectivity index (χ4n) is 1.89. The van der Waals surface area contributed by atoms with Crippen molar-refractivity contribution >= 4 is 17.6 Å². The molecule has 0 aliphatic heterocycles. The maximum Gasteiger partial charge on any atom is 0.336 e. The summed E-state index contributed by atoms with van der Waals surface area (Å²) >= 11 is 0. The van der Waals surface area contributed by atoms with Gasteiger partial charge in [-0.1, -0.05) is 0 Å². The van der Waals surface area contributed by atoms with Gasteiger partial charge < -0.3 is 19.3 Å². The van der Waals surface area contributed by atoms with Gasteiger partial charge in [-0.25, -0.2) is 4.79 Å². The van der Waals surface area contributed by atoms with E-state index in [1.54, 1.807) is 12.1 Å². The summed E-state index contributed by atoms with van der Waals surface area (Å²) < 4.78 is 15.6. The van der Waals surface area contributed by atoms with E-state index in [1.165, 1.54) is 21.3 Å².